The molecule has 0 fully saturated rings. The third kappa shape index (κ3) is 2.03. The van der Waals surface area contributed by atoms with Crippen molar-refractivity contribution in [2.75, 3.05) is 0 Å². The van der Waals surface area contributed by atoms with Gasteiger partial charge in [0.25, 0.3) is 0 Å². The number of hydrogen-bond acceptors (Lipinski definition) is 1. The summed E-state index contributed by atoms with van der Waals surface area (Å²) >= 11 is 4.93. The van der Waals surface area contributed by atoms with E-state index < -0.39 is 5.97 Å². The van der Waals surface area contributed by atoms with E-state index in [2.05, 4.69) is 0 Å². The summed E-state index contributed by atoms with van der Waals surface area (Å²) < 4.78 is 0. The minimum Gasteiger partial charge on any atom is -0.480 e. The number of halogens is 1. The summed E-state index contributed by atoms with van der Waals surface area (Å²) in [5.74, 6) is -1.06. The first-order valence-corrected chi connectivity index (χ1v) is 1.74. The summed E-state index contributed by atoms with van der Waals surface area (Å²) in [7, 11) is 0. The molecule has 0 aliphatic carbocycles. The number of carbonyl (C=O) groups is 1. The van der Waals surface area contributed by atoms with E-state index in [9.17, 15) is 4.79 Å². The van der Waals surface area contributed by atoms with Crippen LogP contribution in [0.1, 0.15) is 6.92 Å². The number of carboxylic acids is 1. The molecule has 0 unspecified atom stereocenters. The van der Waals surface area contributed by atoms with E-state index in [1.807, 2.05) is 0 Å². The average molecular weight is 108 g/mol. The van der Waals surface area contributed by atoms with E-state index in [-0.39, 0.29) is 5.38 Å². The lowest BCUT2D eigenvalue weighted by atomic mass is 10.5. The van der Waals surface area contributed by atoms with Gasteiger partial charge in [-0.3, -0.25) is 4.79 Å². The molecule has 3 heteroatoms. The van der Waals surface area contributed by atoms with Crippen molar-refractivity contribution in [1.82, 2.24) is 0 Å². The lowest BCUT2D eigenvalue weighted by Gasteiger charge is -1.84. The van der Waals surface area contributed by atoms with Crippen molar-refractivity contribution < 1.29 is 9.90 Å². The number of hydrogen-bond donors (Lipinski definition) is 1. The molecule has 0 aliphatic heterocycles. The highest BCUT2D eigenvalue weighted by molar-refractivity contribution is 6.37. The van der Waals surface area contributed by atoms with Gasteiger partial charge in [0.2, 0.25) is 0 Å². The molecule has 6 heavy (non-hydrogen) atoms. The molecule has 0 bridgehead atoms. The van der Waals surface area contributed by atoms with Gasteiger partial charge in [0, 0.05) is 0 Å². The molecule has 0 rings (SSSR count). The number of rotatable bonds is 1. The molecule has 0 aromatic rings. The Kier molecular flexibility index (Phi) is 1.95. The van der Waals surface area contributed by atoms with Crippen LogP contribution in [0.15, 0.2) is 0 Å². The number of aliphatic carboxylic acids is 1. The Balaban J connectivity index is 3.26. The molecule has 0 saturated carbocycles. The topological polar surface area (TPSA) is 37.3 Å². The van der Waals surface area contributed by atoms with Crippen LogP contribution < -0.4 is 0 Å². The first kappa shape index (κ1) is 5.76. The van der Waals surface area contributed by atoms with Crippen LogP contribution in [-0.2, 0) is 4.79 Å². The van der Waals surface area contributed by atoms with Crippen LogP contribution in [0.4, 0.5) is 0 Å². The molecule has 0 aromatic heterocycles. The van der Waals surface area contributed by atoms with Crippen molar-refractivity contribution in [2.45, 2.75) is 6.92 Å². The van der Waals surface area contributed by atoms with Crippen molar-refractivity contribution in [3.63, 3.8) is 0 Å². The van der Waals surface area contributed by atoms with Crippen LogP contribution in [0.3, 0.4) is 0 Å². The normalized spacial score (nSPS) is 9.17. The summed E-state index contributed by atoms with van der Waals surface area (Å²) in [5, 5.41) is 7.72. The van der Waals surface area contributed by atoms with Gasteiger partial charge in [-0.25, -0.2) is 0 Å². The van der Waals surface area contributed by atoms with E-state index in [1.165, 1.54) is 6.92 Å². The quantitative estimate of drug-likeness (QED) is 0.540. The van der Waals surface area contributed by atoms with Crippen LogP contribution in [0.25, 0.3) is 0 Å². The third-order valence-corrected chi connectivity index (χ3v) is 0.456. The zero-order valence-electron chi connectivity index (χ0n) is 3.23. The largest absolute Gasteiger partial charge is 0.480 e. The Morgan fingerprint density at radius 3 is 2.00 bits per heavy atom. The lowest BCUT2D eigenvalue weighted by molar-refractivity contribution is -0.133. The van der Waals surface area contributed by atoms with Crippen LogP contribution >= 0.6 is 11.6 Å². The molecule has 0 spiro atoms. The molecule has 0 heterocycles. The maximum Gasteiger partial charge on any atom is 0.326 e. The molecule has 1 radical (unpaired) electrons. The Morgan fingerprint density at radius 2 is 2.00 bits per heavy atom. The predicted octanol–water partition coefficient (Wildman–Crippen LogP) is 0.862. The Bertz CT molecular complexity index is 59.8. The Labute approximate surface area is 40.7 Å². The van der Waals surface area contributed by atoms with Gasteiger partial charge < -0.3 is 5.11 Å². The molecular formula is C3H4ClO2. The summed E-state index contributed by atoms with van der Waals surface area (Å²) in [6, 6.07) is 0. The fourth-order valence-corrected chi connectivity index (χ4v) is 0. The lowest BCUT2D eigenvalue weighted by Crippen LogP contribution is -1.97. The minimum atomic E-state index is -1.06. The van der Waals surface area contributed by atoms with Crippen molar-refractivity contribution in [3.8, 4) is 0 Å². The predicted molar refractivity (Wildman–Crippen MR) is 22.4 cm³/mol. The zero-order chi connectivity index (χ0) is 5.15. The van der Waals surface area contributed by atoms with E-state index in [1.54, 1.807) is 0 Å². The van der Waals surface area contributed by atoms with E-state index in [0.717, 1.165) is 0 Å². The van der Waals surface area contributed by atoms with Gasteiger partial charge in [0.15, 0.2) is 5.38 Å². The average Bonchev–Trinajstić information content (AvgIpc) is 1.36. The molecule has 35 valence electrons. The van der Waals surface area contributed by atoms with E-state index in [0.29, 0.717) is 0 Å². The standard InChI is InChI=1S/C3H4ClO2/c1-2(4)3(5)6/h1H3,(H,5,6). The second-order valence-corrected chi connectivity index (χ2v) is 1.41. The summed E-state index contributed by atoms with van der Waals surface area (Å²) in [6.07, 6.45) is 0. The molecule has 0 amide bonds. The second kappa shape index (κ2) is 2.03. The highest BCUT2D eigenvalue weighted by Crippen LogP contribution is 2.00. The summed E-state index contributed by atoms with van der Waals surface area (Å²) in [5.41, 5.74) is 0. The van der Waals surface area contributed by atoms with Crippen LogP contribution in [-0.4, -0.2) is 11.1 Å². The molecular weight excluding hydrogens is 103 g/mol. The van der Waals surface area contributed by atoms with Gasteiger partial charge in [0.1, 0.15) is 0 Å². The Hall–Kier alpha value is -0.240. The summed E-state index contributed by atoms with van der Waals surface area (Å²) in [6.45, 7) is 1.32. The molecule has 0 atom stereocenters. The highest BCUT2D eigenvalue weighted by Gasteiger charge is 2.04. The van der Waals surface area contributed by atoms with Gasteiger partial charge in [-0.15, -0.1) is 11.6 Å². The SMILES string of the molecule is C[C](Cl)C(=O)O. The second-order valence-electron chi connectivity index (χ2n) is 0.839. The van der Waals surface area contributed by atoms with Crippen molar-refractivity contribution in [2.24, 2.45) is 0 Å². The van der Waals surface area contributed by atoms with Gasteiger partial charge in [-0.05, 0) is 6.92 Å². The third-order valence-electron chi connectivity index (χ3n) is 0.295. The molecule has 1 N–H and O–H groups in total. The monoisotopic (exact) mass is 107 g/mol. The molecule has 0 saturated heterocycles. The fraction of sp³-hybridized carbons (Fsp3) is 0.333. The molecule has 0 aromatic carbocycles. The van der Waals surface area contributed by atoms with Crippen LogP contribution in [0.5, 0.6) is 0 Å². The van der Waals surface area contributed by atoms with Gasteiger partial charge in [-0.2, -0.15) is 0 Å². The maximum absolute atomic E-state index is 9.53. The molecule has 2 nitrogen and oxygen atoms in total. The first-order chi connectivity index (χ1) is 2.64. The Morgan fingerprint density at radius 1 is 1.83 bits per heavy atom. The number of carboxylic acid groups (broad SMARTS) is 1. The van der Waals surface area contributed by atoms with E-state index >= 15 is 0 Å². The minimum absolute atomic E-state index is 0.102. The van der Waals surface area contributed by atoms with Crippen LogP contribution in [0.2, 0.25) is 0 Å². The fourth-order valence-electron chi connectivity index (χ4n) is 0. The molecule has 0 aliphatic rings. The van der Waals surface area contributed by atoms with E-state index in [4.69, 9.17) is 16.7 Å². The van der Waals surface area contributed by atoms with Crippen molar-refractivity contribution in [3.05, 3.63) is 5.38 Å². The highest BCUT2D eigenvalue weighted by atomic mass is 35.5. The smallest absolute Gasteiger partial charge is 0.326 e. The van der Waals surface area contributed by atoms with Crippen LogP contribution in [0, 0.1) is 5.38 Å². The van der Waals surface area contributed by atoms with Gasteiger partial charge >= 0.3 is 5.97 Å². The summed E-state index contributed by atoms with van der Waals surface area (Å²) in [4.78, 5) is 9.53. The van der Waals surface area contributed by atoms with Crippen molar-refractivity contribution in [1.29, 1.82) is 0 Å². The zero-order valence-corrected chi connectivity index (χ0v) is 3.99. The van der Waals surface area contributed by atoms with Gasteiger partial charge in [0.05, 0.1) is 0 Å². The van der Waals surface area contributed by atoms with Gasteiger partial charge in [-0.1, -0.05) is 0 Å². The van der Waals surface area contributed by atoms with Crippen molar-refractivity contribution >= 4 is 17.6 Å². The first-order valence-electron chi connectivity index (χ1n) is 1.37. The maximum atomic E-state index is 9.53.